The maximum absolute atomic E-state index is 13.3. The lowest BCUT2D eigenvalue weighted by atomic mass is 9.84. The van der Waals surface area contributed by atoms with E-state index in [2.05, 4.69) is 0 Å². The van der Waals surface area contributed by atoms with E-state index < -0.39 is 5.92 Å². The highest BCUT2D eigenvalue weighted by atomic mass is 16.5. The van der Waals surface area contributed by atoms with Crippen LogP contribution >= 0.6 is 0 Å². The molecule has 5 rings (SSSR count). The molecule has 2 aliphatic rings. The number of carbonyl (C=O) groups is 2. The molecule has 0 saturated heterocycles. The van der Waals surface area contributed by atoms with E-state index in [9.17, 15) is 9.59 Å². The standard InChI is InChI=1S/C28H24O8/c1-31-16-8-9-17(22(13-16)33-3)19-14-24(29)35-20-11-10-18-26(30)23(36-28(18)25(19)20)12-15-6-5-7-21(32-2)27(15)34-4/h5-13,19H,14H2,1-4H3. The molecule has 0 bridgehead atoms. The first-order valence-electron chi connectivity index (χ1n) is 11.2. The summed E-state index contributed by atoms with van der Waals surface area (Å²) >= 11 is 0. The van der Waals surface area contributed by atoms with E-state index in [1.807, 2.05) is 6.07 Å². The number of ether oxygens (including phenoxy) is 6. The van der Waals surface area contributed by atoms with Crippen molar-refractivity contribution in [1.82, 2.24) is 0 Å². The summed E-state index contributed by atoms with van der Waals surface area (Å²) in [5.41, 5.74) is 2.39. The number of esters is 1. The molecule has 36 heavy (non-hydrogen) atoms. The third kappa shape index (κ3) is 3.80. The van der Waals surface area contributed by atoms with Gasteiger partial charge in [0.25, 0.3) is 0 Å². The average molecular weight is 488 g/mol. The van der Waals surface area contributed by atoms with E-state index in [-0.39, 0.29) is 23.9 Å². The topological polar surface area (TPSA) is 89.5 Å². The van der Waals surface area contributed by atoms with Crippen LogP contribution in [0.25, 0.3) is 6.08 Å². The fourth-order valence-corrected chi connectivity index (χ4v) is 4.64. The largest absolute Gasteiger partial charge is 0.497 e. The number of benzene rings is 3. The minimum Gasteiger partial charge on any atom is -0.497 e. The van der Waals surface area contributed by atoms with E-state index in [1.165, 1.54) is 7.11 Å². The van der Waals surface area contributed by atoms with Gasteiger partial charge >= 0.3 is 5.97 Å². The van der Waals surface area contributed by atoms with Gasteiger partial charge in [-0.3, -0.25) is 9.59 Å². The molecule has 2 aliphatic heterocycles. The molecule has 0 amide bonds. The van der Waals surface area contributed by atoms with Crippen LogP contribution in [-0.2, 0) is 4.79 Å². The quantitative estimate of drug-likeness (QED) is 0.278. The Bertz CT molecular complexity index is 1400. The molecule has 0 aliphatic carbocycles. The maximum Gasteiger partial charge on any atom is 0.312 e. The molecule has 8 nitrogen and oxygen atoms in total. The van der Waals surface area contributed by atoms with Gasteiger partial charge in [0.2, 0.25) is 5.78 Å². The molecule has 2 heterocycles. The van der Waals surface area contributed by atoms with Gasteiger partial charge in [0.1, 0.15) is 23.0 Å². The van der Waals surface area contributed by atoms with Crippen LogP contribution in [-0.4, -0.2) is 40.2 Å². The summed E-state index contributed by atoms with van der Waals surface area (Å²) in [6, 6.07) is 14.0. The molecule has 3 aromatic rings. The van der Waals surface area contributed by atoms with Crippen LogP contribution in [0.15, 0.2) is 54.3 Å². The zero-order valence-corrected chi connectivity index (χ0v) is 20.2. The lowest BCUT2D eigenvalue weighted by molar-refractivity contribution is -0.135. The second-order valence-corrected chi connectivity index (χ2v) is 8.22. The first-order chi connectivity index (χ1) is 17.5. The van der Waals surface area contributed by atoms with Crippen molar-refractivity contribution >= 4 is 17.8 Å². The first kappa shape index (κ1) is 23.3. The highest BCUT2D eigenvalue weighted by Crippen LogP contribution is 2.51. The molecule has 3 aromatic carbocycles. The zero-order chi connectivity index (χ0) is 25.4. The number of fused-ring (bicyclic) bond motifs is 3. The number of para-hydroxylation sites is 1. The highest BCUT2D eigenvalue weighted by Gasteiger charge is 2.39. The SMILES string of the molecule is COc1ccc(C2CC(=O)Oc3ccc4c(c32)OC(=Cc2cccc(OC)c2OC)C4=O)c(OC)c1. The normalized spacial score (nSPS) is 17.1. The Labute approximate surface area is 207 Å². The molecule has 1 unspecified atom stereocenters. The summed E-state index contributed by atoms with van der Waals surface area (Å²) in [5.74, 6) is 1.92. The van der Waals surface area contributed by atoms with E-state index in [0.717, 1.165) is 5.56 Å². The maximum atomic E-state index is 13.3. The van der Waals surface area contributed by atoms with Gasteiger partial charge < -0.3 is 28.4 Å². The molecule has 184 valence electrons. The average Bonchev–Trinajstić information content (AvgIpc) is 3.22. The summed E-state index contributed by atoms with van der Waals surface area (Å²) < 4.78 is 33.5. The van der Waals surface area contributed by atoms with Gasteiger partial charge in [-0.15, -0.1) is 0 Å². The number of allylic oxidation sites excluding steroid dienone is 1. The monoisotopic (exact) mass is 488 g/mol. The van der Waals surface area contributed by atoms with Crippen molar-refractivity contribution in [2.75, 3.05) is 28.4 Å². The fourth-order valence-electron chi connectivity index (χ4n) is 4.64. The summed E-state index contributed by atoms with van der Waals surface area (Å²) in [4.78, 5) is 25.8. The van der Waals surface area contributed by atoms with E-state index >= 15 is 0 Å². The van der Waals surface area contributed by atoms with Gasteiger partial charge in [-0.1, -0.05) is 18.2 Å². The number of hydrogen-bond donors (Lipinski definition) is 0. The summed E-state index contributed by atoms with van der Waals surface area (Å²) in [5, 5.41) is 0. The van der Waals surface area contributed by atoms with Crippen molar-refractivity contribution in [3.8, 4) is 34.5 Å². The minimum atomic E-state index is -0.449. The van der Waals surface area contributed by atoms with Gasteiger partial charge in [-0.2, -0.15) is 0 Å². The van der Waals surface area contributed by atoms with Gasteiger partial charge in [0.05, 0.1) is 40.4 Å². The Hall–Kier alpha value is -4.46. The first-order valence-corrected chi connectivity index (χ1v) is 11.2. The fraction of sp³-hybridized carbons (Fsp3) is 0.214. The predicted molar refractivity (Wildman–Crippen MR) is 131 cm³/mol. The van der Waals surface area contributed by atoms with Gasteiger partial charge in [-0.25, -0.2) is 0 Å². The van der Waals surface area contributed by atoms with Crippen LogP contribution in [0.5, 0.6) is 34.5 Å². The lowest BCUT2D eigenvalue weighted by Crippen LogP contribution is -2.22. The van der Waals surface area contributed by atoms with E-state index in [0.29, 0.717) is 51.2 Å². The van der Waals surface area contributed by atoms with Gasteiger partial charge in [-0.05, 0) is 30.3 Å². The molecular weight excluding hydrogens is 464 g/mol. The van der Waals surface area contributed by atoms with Crippen LogP contribution < -0.4 is 28.4 Å². The molecular formula is C28H24O8. The Balaban J connectivity index is 1.62. The predicted octanol–water partition coefficient (Wildman–Crippen LogP) is 4.78. The molecule has 0 N–H and O–H groups in total. The lowest BCUT2D eigenvalue weighted by Gasteiger charge is -2.27. The second-order valence-electron chi connectivity index (χ2n) is 8.22. The van der Waals surface area contributed by atoms with Crippen LogP contribution in [0.2, 0.25) is 0 Å². The Morgan fingerprint density at radius 3 is 2.39 bits per heavy atom. The van der Waals surface area contributed by atoms with Crippen molar-refractivity contribution in [1.29, 1.82) is 0 Å². The molecule has 0 aromatic heterocycles. The molecule has 0 radical (unpaired) electrons. The summed E-state index contributed by atoms with van der Waals surface area (Å²) in [6.07, 6.45) is 1.68. The summed E-state index contributed by atoms with van der Waals surface area (Å²) in [7, 11) is 6.20. The number of rotatable bonds is 6. The second kappa shape index (κ2) is 9.30. The van der Waals surface area contributed by atoms with Crippen LogP contribution in [0.4, 0.5) is 0 Å². The number of methoxy groups -OCH3 is 4. The number of Topliss-reactive ketones (excluding diaryl/α,β-unsaturated/α-hetero) is 1. The van der Waals surface area contributed by atoms with E-state index in [4.69, 9.17) is 28.4 Å². The Morgan fingerprint density at radius 1 is 0.861 bits per heavy atom. The Kier molecular flexibility index (Phi) is 6.01. The van der Waals surface area contributed by atoms with Crippen molar-refractivity contribution in [3.63, 3.8) is 0 Å². The van der Waals surface area contributed by atoms with Gasteiger partial charge in [0, 0.05) is 28.7 Å². The van der Waals surface area contributed by atoms with Crippen molar-refractivity contribution in [2.24, 2.45) is 0 Å². The molecule has 0 spiro atoms. The number of carbonyl (C=O) groups excluding carboxylic acids is 2. The Morgan fingerprint density at radius 2 is 1.67 bits per heavy atom. The molecule has 8 heteroatoms. The highest BCUT2D eigenvalue weighted by molar-refractivity contribution is 6.15. The zero-order valence-electron chi connectivity index (χ0n) is 20.2. The van der Waals surface area contributed by atoms with Crippen molar-refractivity contribution in [3.05, 3.63) is 76.5 Å². The van der Waals surface area contributed by atoms with Crippen molar-refractivity contribution < 1.29 is 38.0 Å². The van der Waals surface area contributed by atoms with E-state index in [1.54, 1.807) is 69.9 Å². The van der Waals surface area contributed by atoms with Crippen LogP contribution in [0.3, 0.4) is 0 Å². The molecule has 0 saturated carbocycles. The molecule has 1 atom stereocenters. The van der Waals surface area contributed by atoms with Crippen LogP contribution in [0.1, 0.15) is 39.4 Å². The minimum absolute atomic E-state index is 0.0620. The number of ketones is 1. The third-order valence-corrected chi connectivity index (χ3v) is 6.32. The van der Waals surface area contributed by atoms with Crippen LogP contribution in [0, 0.1) is 0 Å². The van der Waals surface area contributed by atoms with Gasteiger partial charge in [0.15, 0.2) is 17.3 Å². The number of hydrogen-bond acceptors (Lipinski definition) is 8. The third-order valence-electron chi connectivity index (χ3n) is 6.32. The smallest absolute Gasteiger partial charge is 0.312 e. The summed E-state index contributed by atoms with van der Waals surface area (Å²) in [6.45, 7) is 0. The van der Waals surface area contributed by atoms with Crippen molar-refractivity contribution in [2.45, 2.75) is 12.3 Å². The molecule has 0 fully saturated rings.